The average molecular weight is 317 g/mol. The third kappa shape index (κ3) is 5.21. The van der Waals surface area contributed by atoms with E-state index in [9.17, 15) is 13.9 Å². The van der Waals surface area contributed by atoms with Crippen molar-refractivity contribution in [3.8, 4) is 0 Å². The van der Waals surface area contributed by atoms with Gasteiger partial charge in [0.1, 0.15) is 0 Å². The minimum Gasteiger partial charge on any atom is -0.388 e. The maximum Gasteiger partial charge on any atom is 0.288 e. The van der Waals surface area contributed by atoms with Crippen LogP contribution in [-0.4, -0.2) is 36.2 Å². The number of halogens is 2. The van der Waals surface area contributed by atoms with Crippen molar-refractivity contribution in [1.82, 2.24) is 5.32 Å². The van der Waals surface area contributed by atoms with Crippen molar-refractivity contribution in [3.63, 3.8) is 0 Å². The number of benzene rings is 1. The van der Waals surface area contributed by atoms with Crippen LogP contribution in [0, 0.1) is 0 Å². The molecule has 0 bridgehead atoms. The second-order valence-corrected chi connectivity index (χ2v) is 6.45. The lowest BCUT2D eigenvalue weighted by Crippen LogP contribution is -2.45. The van der Waals surface area contributed by atoms with Crippen LogP contribution in [0.15, 0.2) is 29.2 Å². The van der Waals surface area contributed by atoms with Gasteiger partial charge < -0.3 is 15.2 Å². The van der Waals surface area contributed by atoms with Gasteiger partial charge in [0, 0.05) is 43.5 Å². The summed E-state index contributed by atoms with van der Waals surface area (Å²) in [4.78, 5) is 0.559. The van der Waals surface area contributed by atoms with E-state index in [4.69, 9.17) is 4.74 Å². The Morgan fingerprint density at radius 3 is 2.48 bits per heavy atom. The Morgan fingerprint density at radius 1 is 1.29 bits per heavy atom. The summed E-state index contributed by atoms with van der Waals surface area (Å²) in [5, 5.41) is 13.7. The van der Waals surface area contributed by atoms with Crippen molar-refractivity contribution in [2.75, 3.05) is 19.8 Å². The van der Waals surface area contributed by atoms with Crippen LogP contribution in [-0.2, 0) is 4.74 Å². The van der Waals surface area contributed by atoms with Gasteiger partial charge in [0.15, 0.2) is 0 Å². The Labute approximate surface area is 128 Å². The van der Waals surface area contributed by atoms with Crippen molar-refractivity contribution in [2.24, 2.45) is 0 Å². The van der Waals surface area contributed by atoms with Gasteiger partial charge in [-0.15, -0.1) is 0 Å². The number of hydrogen-bond donors (Lipinski definition) is 2. The molecule has 2 rings (SSSR count). The third-order valence-corrected chi connectivity index (χ3v) is 4.49. The molecule has 0 radical (unpaired) electrons. The van der Waals surface area contributed by atoms with Crippen LogP contribution in [0.4, 0.5) is 8.78 Å². The molecule has 1 fully saturated rings. The zero-order chi connectivity index (χ0) is 15.3. The monoisotopic (exact) mass is 317 g/mol. The number of ether oxygens (including phenoxy) is 1. The van der Waals surface area contributed by atoms with Gasteiger partial charge in [0.25, 0.3) is 5.76 Å². The zero-order valence-corrected chi connectivity index (χ0v) is 12.8. The summed E-state index contributed by atoms with van der Waals surface area (Å²) in [6.45, 7) is 3.68. The van der Waals surface area contributed by atoms with Crippen LogP contribution < -0.4 is 5.32 Å². The van der Waals surface area contributed by atoms with E-state index >= 15 is 0 Å². The van der Waals surface area contributed by atoms with Crippen molar-refractivity contribution in [2.45, 2.75) is 42.1 Å². The van der Waals surface area contributed by atoms with E-state index in [-0.39, 0.29) is 6.04 Å². The van der Waals surface area contributed by atoms with Crippen LogP contribution in [0.3, 0.4) is 0 Å². The molecular formula is C15H21F2NO2S. The van der Waals surface area contributed by atoms with Gasteiger partial charge in [0.2, 0.25) is 0 Å². The molecule has 21 heavy (non-hydrogen) atoms. The topological polar surface area (TPSA) is 41.5 Å². The Kier molecular flexibility index (Phi) is 5.98. The number of aliphatic hydroxyl groups is 1. The zero-order valence-electron chi connectivity index (χ0n) is 12.0. The molecule has 1 saturated heterocycles. The largest absolute Gasteiger partial charge is 0.388 e. The minimum atomic E-state index is -2.39. The molecule has 0 saturated carbocycles. The predicted octanol–water partition coefficient (Wildman–Crippen LogP) is 3.19. The van der Waals surface area contributed by atoms with Gasteiger partial charge >= 0.3 is 0 Å². The standard InChI is InChI=1S/C15H21F2NO2S/c1-11(18-10-15(19)6-8-20-9-7-15)12-2-4-13(5-3-12)21-14(16)17/h2-5,11,14,18-19H,6-10H2,1H3. The minimum absolute atomic E-state index is 0.0578. The molecule has 1 aromatic carbocycles. The molecule has 3 nitrogen and oxygen atoms in total. The van der Waals surface area contributed by atoms with Crippen molar-refractivity contribution in [3.05, 3.63) is 29.8 Å². The van der Waals surface area contributed by atoms with Gasteiger partial charge in [0.05, 0.1) is 5.60 Å². The number of nitrogens with one attached hydrogen (secondary N) is 1. The third-order valence-electron chi connectivity index (χ3n) is 3.77. The Balaban J connectivity index is 1.86. The van der Waals surface area contributed by atoms with E-state index in [0.29, 0.717) is 49.3 Å². The highest BCUT2D eigenvalue weighted by molar-refractivity contribution is 7.99. The summed E-state index contributed by atoms with van der Waals surface area (Å²) in [6, 6.07) is 7.15. The molecule has 1 aliphatic heterocycles. The fourth-order valence-corrected chi connectivity index (χ4v) is 2.83. The van der Waals surface area contributed by atoms with E-state index < -0.39 is 11.4 Å². The molecule has 0 aliphatic carbocycles. The smallest absolute Gasteiger partial charge is 0.288 e. The van der Waals surface area contributed by atoms with Gasteiger partial charge in [-0.25, -0.2) is 0 Å². The summed E-state index contributed by atoms with van der Waals surface area (Å²) < 4.78 is 29.8. The highest BCUT2D eigenvalue weighted by Gasteiger charge is 2.29. The highest BCUT2D eigenvalue weighted by Crippen LogP contribution is 2.27. The molecule has 0 spiro atoms. The first-order valence-electron chi connectivity index (χ1n) is 7.07. The van der Waals surface area contributed by atoms with Crippen LogP contribution in [0.1, 0.15) is 31.4 Å². The van der Waals surface area contributed by atoms with Crippen LogP contribution in [0.5, 0.6) is 0 Å². The maximum absolute atomic E-state index is 12.3. The Bertz CT molecular complexity index is 436. The summed E-state index contributed by atoms with van der Waals surface area (Å²) in [5.74, 6) is -2.39. The van der Waals surface area contributed by atoms with E-state index in [1.807, 2.05) is 19.1 Å². The Hall–Kier alpha value is -0.690. The molecule has 2 N–H and O–H groups in total. The Morgan fingerprint density at radius 2 is 1.90 bits per heavy atom. The van der Waals surface area contributed by atoms with Crippen molar-refractivity contribution >= 4 is 11.8 Å². The first-order chi connectivity index (χ1) is 9.98. The lowest BCUT2D eigenvalue weighted by Gasteiger charge is -2.33. The highest BCUT2D eigenvalue weighted by atomic mass is 32.2. The molecule has 1 unspecified atom stereocenters. The predicted molar refractivity (Wildman–Crippen MR) is 79.7 cm³/mol. The number of alkyl halides is 2. The van der Waals surface area contributed by atoms with Gasteiger partial charge in [-0.2, -0.15) is 8.78 Å². The number of thioether (sulfide) groups is 1. The number of hydrogen-bond acceptors (Lipinski definition) is 4. The van der Waals surface area contributed by atoms with Crippen molar-refractivity contribution in [1.29, 1.82) is 0 Å². The normalized spacial score (nSPS) is 19.7. The molecule has 118 valence electrons. The second-order valence-electron chi connectivity index (χ2n) is 5.39. The second kappa shape index (κ2) is 7.54. The van der Waals surface area contributed by atoms with E-state index in [1.54, 1.807) is 12.1 Å². The fourth-order valence-electron chi connectivity index (χ4n) is 2.33. The molecule has 1 aromatic rings. The quantitative estimate of drug-likeness (QED) is 0.791. The van der Waals surface area contributed by atoms with Crippen LogP contribution >= 0.6 is 11.8 Å². The fraction of sp³-hybridized carbons (Fsp3) is 0.600. The summed E-state index contributed by atoms with van der Waals surface area (Å²) >= 11 is 0.547. The van der Waals surface area contributed by atoms with Gasteiger partial charge in [-0.3, -0.25) is 0 Å². The molecule has 1 aliphatic rings. The van der Waals surface area contributed by atoms with E-state index in [1.165, 1.54) is 0 Å². The van der Waals surface area contributed by atoms with E-state index in [2.05, 4.69) is 5.32 Å². The molecule has 0 amide bonds. The molecular weight excluding hydrogens is 296 g/mol. The number of rotatable bonds is 6. The molecule has 0 aromatic heterocycles. The maximum atomic E-state index is 12.3. The van der Waals surface area contributed by atoms with E-state index in [0.717, 1.165) is 5.56 Å². The van der Waals surface area contributed by atoms with Crippen LogP contribution in [0.25, 0.3) is 0 Å². The molecule has 6 heteroatoms. The molecule has 1 heterocycles. The summed E-state index contributed by atoms with van der Waals surface area (Å²) in [5.41, 5.74) is 0.308. The van der Waals surface area contributed by atoms with Gasteiger partial charge in [-0.1, -0.05) is 23.9 Å². The SMILES string of the molecule is CC(NCC1(O)CCOCC1)c1ccc(SC(F)F)cc1. The summed E-state index contributed by atoms with van der Waals surface area (Å²) in [6.07, 6.45) is 1.27. The first kappa shape index (κ1) is 16.7. The molecule has 1 atom stereocenters. The first-order valence-corrected chi connectivity index (χ1v) is 7.95. The van der Waals surface area contributed by atoms with Gasteiger partial charge in [-0.05, 0) is 24.6 Å². The summed E-state index contributed by atoms with van der Waals surface area (Å²) in [7, 11) is 0. The lowest BCUT2D eigenvalue weighted by molar-refractivity contribution is -0.0626. The van der Waals surface area contributed by atoms with Crippen LogP contribution in [0.2, 0.25) is 0 Å². The van der Waals surface area contributed by atoms with Crippen molar-refractivity contribution < 1.29 is 18.6 Å². The lowest BCUT2D eigenvalue weighted by atomic mass is 9.94. The average Bonchev–Trinajstić information content (AvgIpc) is 2.46.